The topological polar surface area (TPSA) is 113 Å². The summed E-state index contributed by atoms with van der Waals surface area (Å²) in [5.41, 5.74) is 7.15. The number of rotatable bonds is 7. The van der Waals surface area contributed by atoms with Crippen LogP contribution in [-0.4, -0.2) is 47.9 Å². The number of nitrogens with one attached hydrogen (secondary N) is 2. The maximum absolute atomic E-state index is 13.4. The van der Waals surface area contributed by atoms with Crippen molar-refractivity contribution in [2.75, 3.05) is 18.8 Å². The normalized spacial score (nSPS) is 18.8. The van der Waals surface area contributed by atoms with Crippen molar-refractivity contribution in [3.63, 3.8) is 0 Å². The third kappa shape index (κ3) is 4.14. The van der Waals surface area contributed by atoms with Crippen LogP contribution in [0.25, 0.3) is 10.9 Å². The number of fused-ring (bicyclic) bond motifs is 1. The third-order valence-corrected chi connectivity index (χ3v) is 8.52. The Morgan fingerprint density at radius 3 is 2.62 bits per heavy atom. The van der Waals surface area contributed by atoms with Crippen LogP contribution in [0.2, 0.25) is 0 Å². The van der Waals surface area contributed by atoms with Crippen molar-refractivity contribution in [2.24, 2.45) is 5.41 Å². The van der Waals surface area contributed by atoms with E-state index in [2.05, 4.69) is 9.71 Å². The molecule has 1 aliphatic heterocycles. The molecule has 5 rings (SSSR count). The fourth-order valence-corrected chi connectivity index (χ4v) is 5.93. The van der Waals surface area contributed by atoms with Gasteiger partial charge in [-0.1, -0.05) is 6.07 Å². The van der Waals surface area contributed by atoms with E-state index in [1.165, 1.54) is 12.8 Å². The molecule has 1 saturated heterocycles. The molecule has 2 aromatic heterocycles. The second-order valence-electron chi connectivity index (χ2n) is 9.14. The number of nitrogens with two attached hydrogens (primary N) is 1. The Morgan fingerprint density at radius 2 is 1.94 bits per heavy atom. The standard InChI is InChI=1S/C23H29N5O3S/c24-21-2-1-12-27(21)13-6-19(22(29)28-14-9-23(7-8-23)10-15-28)26-32(30,31)18-4-3-17-5-11-25-20(17)16-18/h1-5,11-12,16,19,25-26H,6-10,13-15,24H2. The van der Waals surface area contributed by atoms with E-state index in [0.717, 1.165) is 23.7 Å². The van der Waals surface area contributed by atoms with Crippen molar-refractivity contribution in [2.45, 2.75) is 49.6 Å². The van der Waals surface area contributed by atoms with Gasteiger partial charge in [-0.05, 0) is 73.2 Å². The number of H-pyrrole nitrogens is 1. The van der Waals surface area contributed by atoms with Crippen molar-refractivity contribution < 1.29 is 13.2 Å². The Bertz CT molecular complexity index is 1230. The van der Waals surface area contributed by atoms with Crippen molar-refractivity contribution in [1.29, 1.82) is 0 Å². The van der Waals surface area contributed by atoms with Crippen LogP contribution >= 0.6 is 0 Å². The number of nitrogen functional groups attached to an aromatic ring is 1. The first kappa shape index (κ1) is 21.1. The van der Waals surface area contributed by atoms with Gasteiger partial charge in [-0.15, -0.1) is 0 Å². The zero-order valence-corrected chi connectivity index (χ0v) is 18.8. The number of benzene rings is 1. The van der Waals surface area contributed by atoms with E-state index >= 15 is 0 Å². The number of aromatic amines is 1. The maximum Gasteiger partial charge on any atom is 0.241 e. The lowest BCUT2D eigenvalue weighted by Gasteiger charge is -2.34. The van der Waals surface area contributed by atoms with E-state index in [0.29, 0.717) is 37.3 Å². The highest BCUT2D eigenvalue weighted by molar-refractivity contribution is 7.89. The summed E-state index contributed by atoms with van der Waals surface area (Å²) in [5.74, 6) is 0.431. The van der Waals surface area contributed by atoms with Crippen molar-refractivity contribution >= 4 is 32.7 Å². The van der Waals surface area contributed by atoms with E-state index in [1.807, 2.05) is 27.8 Å². The molecule has 170 valence electrons. The van der Waals surface area contributed by atoms with Crippen LogP contribution in [0.1, 0.15) is 32.1 Å². The Hall–Kier alpha value is -2.78. The number of hydrogen-bond acceptors (Lipinski definition) is 4. The number of nitrogens with zero attached hydrogens (tertiary/aromatic N) is 2. The first-order chi connectivity index (χ1) is 15.4. The number of hydrogen-bond donors (Lipinski definition) is 3. The van der Waals surface area contributed by atoms with E-state index in [9.17, 15) is 13.2 Å². The average Bonchev–Trinajstić information content (AvgIpc) is 3.18. The Kier molecular flexibility index (Phi) is 5.25. The molecule has 3 heterocycles. The largest absolute Gasteiger partial charge is 0.385 e. The molecule has 4 N–H and O–H groups in total. The van der Waals surface area contributed by atoms with Crippen molar-refractivity contribution in [3.8, 4) is 0 Å². The number of sulfonamides is 1. The summed E-state index contributed by atoms with van der Waals surface area (Å²) in [5, 5.41) is 0.932. The number of carbonyl (C=O) groups is 1. The van der Waals surface area contributed by atoms with Gasteiger partial charge in [0.05, 0.1) is 4.90 Å². The van der Waals surface area contributed by atoms with Gasteiger partial charge in [0.15, 0.2) is 0 Å². The highest BCUT2D eigenvalue weighted by Crippen LogP contribution is 2.53. The summed E-state index contributed by atoms with van der Waals surface area (Å²) >= 11 is 0. The van der Waals surface area contributed by atoms with Gasteiger partial charge < -0.3 is 20.2 Å². The van der Waals surface area contributed by atoms with Gasteiger partial charge in [0.1, 0.15) is 11.9 Å². The Balaban J connectivity index is 1.36. The van der Waals surface area contributed by atoms with Crippen LogP contribution in [0, 0.1) is 5.41 Å². The number of aromatic nitrogens is 2. The molecule has 0 bridgehead atoms. The molecule has 3 aromatic rings. The molecular weight excluding hydrogens is 426 g/mol. The number of aryl methyl sites for hydroxylation is 1. The summed E-state index contributed by atoms with van der Waals surface area (Å²) in [6.45, 7) is 1.83. The van der Waals surface area contributed by atoms with E-state index < -0.39 is 16.1 Å². The molecule has 9 heteroatoms. The second-order valence-corrected chi connectivity index (χ2v) is 10.9. The van der Waals surface area contributed by atoms with Crippen molar-refractivity contribution in [1.82, 2.24) is 19.2 Å². The Labute approximate surface area is 187 Å². The minimum atomic E-state index is -3.88. The van der Waals surface area contributed by atoms with E-state index in [-0.39, 0.29) is 10.8 Å². The van der Waals surface area contributed by atoms with E-state index in [4.69, 9.17) is 5.73 Å². The number of anilines is 1. The first-order valence-electron chi connectivity index (χ1n) is 11.1. The van der Waals surface area contributed by atoms with Crippen molar-refractivity contribution in [3.05, 3.63) is 48.8 Å². The number of amides is 1. The SMILES string of the molecule is Nc1cccn1CCC(NS(=O)(=O)c1ccc2cc[nH]c2c1)C(=O)N1CCC2(CC1)CC2. The molecule has 8 nitrogen and oxygen atoms in total. The lowest BCUT2D eigenvalue weighted by Crippen LogP contribution is -2.51. The molecule has 32 heavy (non-hydrogen) atoms. The summed E-state index contributed by atoms with van der Waals surface area (Å²) in [6.07, 6.45) is 8.44. The molecule has 1 amide bonds. The van der Waals surface area contributed by atoms with Gasteiger partial charge in [-0.2, -0.15) is 4.72 Å². The third-order valence-electron chi connectivity index (χ3n) is 7.05. The van der Waals surface area contributed by atoms with Gasteiger partial charge in [0.25, 0.3) is 0 Å². The fraction of sp³-hybridized carbons (Fsp3) is 0.435. The van der Waals surface area contributed by atoms with Gasteiger partial charge in [-0.3, -0.25) is 4.79 Å². The van der Waals surface area contributed by atoms with Crippen LogP contribution in [0.5, 0.6) is 0 Å². The highest BCUT2D eigenvalue weighted by Gasteiger charge is 2.45. The quantitative estimate of drug-likeness (QED) is 0.508. The summed E-state index contributed by atoms with van der Waals surface area (Å²) in [4.78, 5) is 18.4. The minimum absolute atomic E-state index is 0.140. The molecular formula is C23H29N5O3S. The highest BCUT2D eigenvalue weighted by atomic mass is 32.2. The molecule has 1 aliphatic carbocycles. The second kappa shape index (κ2) is 7.97. The number of piperidine rings is 1. The molecule has 1 spiro atoms. The fourth-order valence-electron chi connectivity index (χ4n) is 4.68. The van der Waals surface area contributed by atoms with Crippen LogP contribution in [-0.2, 0) is 21.4 Å². The molecule has 0 radical (unpaired) electrons. The lowest BCUT2D eigenvalue weighted by atomic mass is 9.93. The number of likely N-dealkylation sites (tertiary alicyclic amines) is 1. The zero-order valence-electron chi connectivity index (χ0n) is 18.0. The first-order valence-corrected chi connectivity index (χ1v) is 12.6. The van der Waals surface area contributed by atoms with Gasteiger partial charge in [0.2, 0.25) is 15.9 Å². The van der Waals surface area contributed by atoms with Gasteiger partial charge >= 0.3 is 0 Å². The average molecular weight is 456 g/mol. The minimum Gasteiger partial charge on any atom is -0.385 e. The molecule has 1 atom stereocenters. The van der Waals surface area contributed by atoms with Gasteiger partial charge in [0, 0.05) is 37.5 Å². The lowest BCUT2D eigenvalue weighted by molar-refractivity contribution is -0.134. The monoisotopic (exact) mass is 455 g/mol. The summed E-state index contributed by atoms with van der Waals surface area (Å²) < 4.78 is 30.9. The smallest absolute Gasteiger partial charge is 0.241 e. The maximum atomic E-state index is 13.4. The molecule has 1 aromatic carbocycles. The predicted molar refractivity (Wildman–Crippen MR) is 123 cm³/mol. The summed E-state index contributed by atoms with van der Waals surface area (Å²) in [7, 11) is -3.88. The Morgan fingerprint density at radius 1 is 1.16 bits per heavy atom. The van der Waals surface area contributed by atoms with Crippen LogP contribution < -0.4 is 10.5 Å². The number of carbonyl (C=O) groups excluding carboxylic acids is 1. The molecule has 1 unspecified atom stereocenters. The molecule has 1 saturated carbocycles. The zero-order chi connectivity index (χ0) is 22.3. The van der Waals surface area contributed by atoms with Crippen LogP contribution in [0.4, 0.5) is 5.82 Å². The van der Waals surface area contributed by atoms with E-state index in [1.54, 1.807) is 30.5 Å². The molecule has 2 fully saturated rings. The van der Waals surface area contributed by atoms with Crippen LogP contribution in [0.3, 0.4) is 0 Å². The van der Waals surface area contributed by atoms with Crippen LogP contribution in [0.15, 0.2) is 53.7 Å². The predicted octanol–water partition coefficient (Wildman–Crippen LogP) is 2.69. The summed E-state index contributed by atoms with van der Waals surface area (Å²) in [6, 6.07) is 9.58. The van der Waals surface area contributed by atoms with Gasteiger partial charge in [-0.25, -0.2) is 8.42 Å². The molecule has 2 aliphatic rings.